The number of aryl methyl sites for hydroxylation is 1. The van der Waals surface area contributed by atoms with Crippen LogP contribution in [-0.4, -0.2) is 18.4 Å². The van der Waals surface area contributed by atoms with Crippen molar-refractivity contribution in [1.29, 1.82) is 0 Å². The zero-order valence-corrected chi connectivity index (χ0v) is 13.9. The second kappa shape index (κ2) is 7.30. The molecule has 2 aromatic carbocycles. The molecule has 1 aliphatic rings. The third-order valence-corrected chi connectivity index (χ3v) is 4.36. The molecular formula is C20H22N2O2. The van der Waals surface area contributed by atoms with Crippen LogP contribution in [0.15, 0.2) is 48.5 Å². The Morgan fingerprint density at radius 2 is 1.83 bits per heavy atom. The smallest absolute Gasteiger partial charge is 0.316 e. The van der Waals surface area contributed by atoms with Crippen LogP contribution < -0.4 is 10.2 Å². The number of benzene rings is 2. The standard InChI is InChI=1S/C20H22N2O2/c1-2-3-6-15-9-11-17(12-10-15)21-19(23)20(24)22-14-13-16-7-4-5-8-18(16)22/h4-5,7-12H,2-3,6,13-14H2,1H3,(H,21,23). The molecule has 2 aromatic rings. The van der Waals surface area contributed by atoms with Crippen molar-refractivity contribution in [1.82, 2.24) is 0 Å². The zero-order chi connectivity index (χ0) is 16.9. The van der Waals surface area contributed by atoms with Crippen LogP contribution in [0.2, 0.25) is 0 Å². The van der Waals surface area contributed by atoms with Crippen molar-refractivity contribution in [3.63, 3.8) is 0 Å². The highest BCUT2D eigenvalue weighted by atomic mass is 16.2. The molecule has 1 heterocycles. The summed E-state index contributed by atoms with van der Waals surface area (Å²) in [6.07, 6.45) is 4.14. The Labute approximate surface area is 142 Å². The molecule has 24 heavy (non-hydrogen) atoms. The Kier molecular flexibility index (Phi) is 4.94. The second-order valence-electron chi connectivity index (χ2n) is 6.09. The fourth-order valence-corrected chi connectivity index (χ4v) is 2.99. The van der Waals surface area contributed by atoms with Gasteiger partial charge in [-0.3, -0.25) is 9.59 Å². The highest BCUT2D eigenvalue weighted by Crippen LogP contribution is 2.27. The van der Waals surface area contributed by atoms with E-state index in [1.807, 2.05) is 48.5 Å². The topological polar surface area (TPSA) is 49.4 Å². The fourth-order valence-electron chi connectivity index (χ4n) is 2.99. The third kappa shape index (κ3) is 3.48. The minimum atomic E-state index is -0.590. The molecule has 1 aliphatic heterocycles. The molecule has 0 saturated heterocycles. The number of unbranched alkanes of at least 4 members (excludes halogenated alkanes) is 1. The van der Waals surface area contributed by atoms with Crippen LogP contribution in [-0.2, 0) is 22.4 Å². The van der Waals surface area contributed by atoms with E-state index in [1.165, 1.54) is 5.56 Å². The monoisotopic (exact) mass is 322 g/mol. The van der Waals surface area contributed by atoms with Gasteiger partial charge >= 0.3 is 11.8 Å². The van der Waals surface area contributed by atoms with E-state index in [4.69, 9.17) is 0 Å². The van der Waals surface area contributed by atoms with Crippen LogP contribution in [0.5, 0.6) is 0 Å². The number of rotatable bonds is 4. The van der Waals surface area contributed by atoms with Gasteiger partial charge in [0.1, 0.15) is 0 Å². The minimum Gasteiger partial charge on any atom is -0.318 e. The number of hydrogen-bond donors (Lipinski definition) is 1. The molecule has 3 rings (SSSR count). The molecule has 0 unspecified atom stereocenters. The van der Waals surface area contributed by atoms with E-state index in [1.54, 1.807) is 4.90 Å². The summed E-state index contributed by atoms with van der Waals surface area (Å²) in [5, 5.41) is 2.70. The number of nitrogens with one attached hydrogen (secondary N) is 1. The Balaban J connectivity index is 1.64. The Hall–Kier alpha value is -2.62. The van der Waals surface area contributed by atoms with Crippen LogP contribution in [0, 0.1) is 0 Å². The largest absolute Gasteiger partial charge is 0.318 e. The average Bonchev–Trinajstić information content (AvgIpc) is 3.04. The van der Waals surface area contributed by atoms with Gasteiger partial charge in [-0.25, -0.2) is 0 Å². The van der Waals surface area contributed by atoms with Crippen molar-refractivity contribution in [3.05, 3.63) is 59.7 Å². The van der Waals surface area contributed by atoms with Crippen LogP contribution in [0.3, 0.4) is 0 Å². The molecule has 0 saturated carbocycles. The first-order valence-electron chi connectivity index (χ1n) is 8.48. The summed E-state index contributed by atoms with van der Waals surface area (Å²) >= 11 is 0. The summed E-state index contributed by atoms with van der Waals surface area (Å²) in [5.41, 5.74) is 3.85. The number of amides is 2. The maximum Gasteiger partial charge on any atom is 0.316 e. The molecule has 124 valence electrons. The van der Waals surface area contributed by atoms with Crippen molar-refractivity contribution in [2.75, 3.05) is 16.8 Å². The van der Waals surface area contributed by atoms with Gasteiger partial charge in [-0.15, -0.1) is 0 Å². The molecule has 1 N–H and O–H groups in total. The van der Waals surface area contributed by atoms with Crippen molar-refractivity contribution < 1.29 is 9.59 Å². The molecule has 4 nitrogen and oxygen atoms in total. The lowest BCUT2D eigenvalue weighted by atomic mass is 10.1. The van der Waals surface area contributed by atoms with Crippen molar-refractivity contribution in [2.24, 2.45) is 0 Å². The Morgan fingerprint density at radius 1 is 1.08 bits per heavy atom. The van der Waals surface area contributed by atoms with Crippen LogP contribution >= 0.6 is 0 Å². The molecule has 0 bridgehead atoms. The molecule has 0 aromatic heterocycles. The van der Waals surface area contributed by atoms with Gasteiger partial charge in [0, 0.05) is 17.9 Å². The van der Waals surface area contributed by atoms with Crippen LogP contribution in [0.25, 0.3) is 0 Å². The quantitative estimate of drug-likeness (QED) is 0.875. The van der Waals surface area contributed by atoms with Gasteiger partial charge in [-0.05, 0) is 48.6 Å². The molecule has 0 atom stereocenters. The number of nitrogens with zero attached hydrogens (tertiary/aromatic N) is 1. The van der Waals surface area contributed by atoms with E-state index >= 15 is 0 Å². The van der Waals surface area contributed by atoms with Gasteiger partial charge in [0.25, 0.3) is 0 Å². The molecule has 0 aliphatic carbocycles. The normalized spacial score (nSPS) is 12.8. The molecule has 2 amide bonds. The maximum atomic E-state index is 12.4. The van der Waals surface area contributed by atoms with Gasteiger partial charge in [0.05, 0.1) is 0 Å². The summed E-state index contributed by atoms with van der Waals surface area (Å²) < 4.78 is 0. The summed E-state index contributed by atoms with van der Waals surface area (Å²) in [6.45, 7) is 2.72. The third-order valence-electron chi connectivity index (χ3n) is 4.36. The van der Waals surface area contributed by atoms with Crippen LogP contribution in [0.1, 0.15) is 30.9 Å². The van der Waals surface area contributed by atoms with Gasteiger partial charge in [0.2, 0.25) is 0 Å². The van der Waals surface area contributed by atoms with E-state index in [0.29, 0.717) is 12.2 Å². The van der Waals surface area contributed by atoms with E-state index in [-0.39, 0.29) is 0 Å². The Morgan fingerprint density at radius 3 is 2.58 bits per heavy atom. The predicted octanol–water partition coefficient (Wildman–Crippen LogP) is 3.56. The zero-order valence-electron chi connectivity index (χ0n) is 13.9. The number of carbonyl (C=O) groups excluding carboxylic acids is 2. The fraction of sp³-hybridized carbons (Fsp3) is 0.300. The first-order chi connectivity index (χ1) is 11.7. The van der Waals surface area contributed by atoms with Gasteiger partial charge in [0.15, 0.2) is 0 Å². The molecule has 0 spiro atoms. The number of hydrogen-bond acceptors (Lipinski definition) is 2. The van der Waals surface area contributed by atoms with E-state index in [0.717, 1.165) is 36.9 Å². The lowest BCUT2D eigenvalue weighted by Gasteiger charge is -2.16. The van der Waals surface area contributed by atoms with Crippen LogP contribution in [0.4, 0.5) is 11.4 Å². The summed E-state index contributed by atoms with van der Waals surface area (Å²) in [6, 6.07) is 15.4. The van der Waals surface area contributed by atoms with E-state index in [9.17, 15) is 9.59 Å². The average molecular weight is 322 g/mol. The Bertz CT molecular complexity index is 738. The summed E-state index contributed by atoms with van der Waals surface area (Å²) in [5.74, 6) is -1.09. The predicted molar refractivity (Wildman–Crippen MR) is 96.2 cm³/mol. The first kappa shape index (κ1) is 16.2. The number of fused-ring (bicyclic) bond motifs is 1. The lowest BCUT2D eigenvalue weighted by molar-refractivity contribution is -0.134. The number of anilines is 2. The van der Waals surface area contributed by atoms with E-state index in [2.05, 4.69) is 12.2 Å². The van der Waals surface area contributed by atoms with E-state index < -0.39 is 11.8 Å². The highest BCUT2D eigenvalue weighted by Gasteiger charge is 2.28. The molecule has 0 radical (unpaired) electrons. The van der Waals surface area contributed by atoms with Crippen molar-refractivity contribution in [2.45, 2.75) is 32.6 Å². The van der Waals surface area contributed by atoms with Gasteiger partial charge in [-0.1, -0.05) is 43.7 Å². The lowest BCUT2D eigenvalue weighted by Crippen LogP contribution is -2.38. The van der Waals surface area contributed by atoms with Crippen molar-refractivity contribution >= 4 is 23.2 Å². The molecule has 0 fully saturated rings. The minimum absolute atomic E-state index is 0.505. The maximum absolute atomic E-state index is 12.4. The first-order valence-corrected chi connectivity index (χ1v) is 8.48. The SMILES string of the molecule is CCCCc1ccc(NC(=O)C(=O)N2CCc3ccccc32)cc1. The molecule has 4 heteroatoms. The van der Waals surface area contributed by atoms with Crippen molar-refractivity contribution in [3.8, 4) is 0 Å². The van der Waals surface area contributed by atoms with Gasteiger partial charge < -0.3 is 10.2 Å². The number of para-hydroxylation sites is 1. The second-order valence-corrected chi connectivity index (χ2v) is 6.09. The highest BCUT2D eigenvalue weighted by molar-refractivity contribution is 6.44. The summed E-state index contributed by atoms with van der Waals surface area (Å²) in [7, 11) is 0. The number of carbonyl (C=O) groups is 2. The molecular weight excluding hydrogens is 300 g/mol. The van der Waals surface area contributed by atoms with Gasteiger partial charge in [-0.2, -0.15) is 0 Å². The summed E-state index contributed by atoms with van der Waals surface area (Å²) in [4.78, 5) is 26.3.